The van der Waals surface area contributed by atoms with Crippen LogP contribution in [0.5, 0.6) is 0 Å². The third-order valence-electron chi connectivity index (χ3n) is 2.11. The topological polar surface area (TPSA) is 77.4 Å². The van der Waals surface area contributed by atoms with E-state index in [1.165, 1.54) is 0 Å². The molecule has 0 aromatic carbocycles. The van der Waals surface area contributed by atoms with Crippen molar-refractivity contribution in [3.63, 3.8) is 0 Å². The summed E-state index contributed by atoms with van der Waals surface area (Å²) in [6.45, 7) is 0.732. The zero-order chi connectivity index (χ0) is 11.2. The van der Waals surface area contributed by atoms with E-state index >= 15 is 0 Å². The lowest BCUT2D eigenvalue weighted by molar-refractivity contribution is 0.921. The van der Waals surface area contributed by atoms with Gasteiger partial charge < -0.3 is 10.3 Å². The Balaban J connectivity index is 1.88. The predicted molar refractivity (Wildman–Crippen MR) is 59.7 cm³/mol. The molecule has 2 aromatic rings. The summed E-state index contributed by atoms with van der Waals surface area (Å²) in [7, 11) is 0. The number of nitrogens with one attached hydrogen (secondary N) is 2. The molecule has 2 rings (SSSR count). The summed E-state index contributed by atoms with van der Waals surface area (Å²) < 4.78 is 0. The van der Waals surface area contributed by atoms with Crippen LogP contribution in [0.2, 0.25) is 0 Å². The highest BCUT2D eigenvalue weighted by Crippen LogP contribution is 2.05. The summed E-state index contributed by atoms with van der Waals surface area (Å²) in [4.78, 5) is 11.2. The maximum atomic E-state index is 8.72. The van der Waals surface area contributed by atoms with E-state index in [1.54, 1.807) is 30.7 Å². The number of H-pyrrole nitrogens is 1. The first-order chi connectivity index (χ1) is 7.88. The third-order valence-corrected chi connectivity index (χ3v) is 2.11. The van der Waals surface area contributed by atoms with Crippen LogP contribution in [0.3, 0.4) is 0 Å². The first-order valence-corrected chi connectivity index (χ1v) is 4.97. The van der Waals surface area contributed by atoms with E-state index in [4.69, 9.17) is 5.26 Å². The average Bonchev–Trinajstić information content (AvgIpc) is 2.82. The minimum absolute atomic E-state index is 0.607. The second-order valence-electron chi connectivity index (χ2n) is 3.25. The highest BCUT2D eigenvalue weighted by molar-refractivity contribution is 5.42. The average molecular weight is 213 g/mol. The number of pyridine rings is 1. The Kier molecular flexibility index (Phi) is 3.14. The number of nitriles is 1. The van der Waals surface area contributed by atoms with Crippen LogP contribution in [0, 0.1) is 11.3 Å². The van der Waals surface area contributed by atoms with E-state index in [9.17, 15) is 0 Å². The van der Waals surface area contributed by atoms with Crippen molar-refractivity contribution in [3.8, 4) is 6.07 Å². The second-order valence-corrected chi connectivity index (χ2v) is 3.25. The molecule has 0 aliphatic carbocycles. The molecule has 0 saturated carbocycles. The molecule has 0 amide bonds. The fraction of sp³-hybridized carbons (Fsp3) is 0.182. The van der Waals surface area contributed by atoms with Crippen molar-refractivity contribution >= 4 is 5.82 Å². The predicted octanol–water partition coefficient (Wildman–Crippen LogP) is 1.33. The van der Waals surface area contributed by atoms with Crippen LogP contribution in [0.15, 0.2) is 30.7 Å². The fourth-order valence-electron chi connectivity index (χ4n) is 1.34. The first-order valence-electron chi connectivity index (χ1n) is 4.97. The number of aromatic nitrogens is 3. The number of nitrogens with zero attached hydrogens (tertiary/aromatic N) is 3. The van der Waals surface area contributed by atoms with Gasteiger partial charge in [0.1, 0.15) is 11.6 Å². The number of imidazole rings is 1. The number of hydrogen-bond donors (Lipinski definition) is 2. The molecule has 0 radical (unpaired) electrons. The first kappa shape index (κ1) is 10.2. The van der Waals surface area contributed by atoms with E-state index < -0.39 is 0 Å². The monoisotopic (exact) mass is 213 g/mol. The Morgan fingerprint density at radius 3 is 3.06 bits per heavy atom. The molecule has 2 aromatic heterocycles. The maximum Gasteiger partial charge on any atom is 0.127 e. The van der Waals surface area contributed by atoms with E-state index in [2.05, 4.69) is 26.3 Å². The van der Waals surface area contributed by atoms with Crippen LogP contribution in [0.25, 0.3) is 0 Å². The van der Waals surface area contributed by atoms with E-state index in [-0.39, 0.29) is 0 Å². The molecule has 5 heteroatoms. The molecule has 5 nitrogen and oxygen atoms in total. The van der Waals surface area contributed by atoms with Crippen LogP contribution >= 0.6 is 0 Å². The molecule has 0 fully saturated rings. The largest absolute Gasteiger partial charge is 0.370 e. The standard InChI is InChI=1S/C11H11N5/c12-8-9-1-3-13-11(7-9)14-4-2-10-15-5-6-16-10/h1,3,5-7H,2,4H2,(H,13,14)(H,15,16). The van der Waals surface area contributed by atoms with Crippen molar-refractivity contribution < 1.29 is 0 Å². The van der Waals surface area contributed by atoms with E-state index in [0.717, 1.165) is 18.8 Å². The van der Waals surface area contributed by atoms with Crippen molar-refractivity contribution in [2.45, 2.75) is 6.42 Å². The van der Waals surface area contributed by atoms with E-state index in [1.807, 2.05) is 0 Å². The zero-order valence-corrected chi connectivity index (χ0v) is 8.64. The van der Waals surface area contributed by atoms with Gasteiger partial charge in [-0.05, 0) is 12.1 Å². The Labute approximate surface area is 93.2 Å². The van der Waals surface area contributed by atoms with Gasteiger partial charge in [0.2, 0.25) is 0 Å². The molecule has 0 unspecified atom stereocenters. The van der Waals surface area contributed by atoms with Crippen molar-refractivity contribution in [3.05, 3.63) is 42.1 Å². The highest BCUT2D eigenvalue weighted by Gasteiger charge is 1.97. The van der Waals surface area contributed by atoms with Gasteiger partial charge in [-0.1, -0.05) is 0 Å². The lowest BCUT2D eigenvalue weighted by atomic mass is 10.3. The minimum atomic E-state index is 0.607. The van der Waals surface area contributed by atoms with Gasteiger partial charge in [-0.3, -0.25) is 0 Å². The van der Waals surface area contributed by atoms with Gasteiger partial charge in [-0.25, -0.2) is 9.97 Å². The molecular formula is C11H11N5. The molecule has 80 valence electrons. The van der Waals surface area contributed by atoms with Crippen LogP contribution < -0.4 is 5.32 Å². The second kappa shape index (κ2) is 4.94. The number of rotatable bonds is 4. The smallest absolute Gasteiger partial charge is 0.127 e. The summed E-state index contributed by atoms with van der Waals surface area (Å²) in [6, 6.07) is 5.48. The lowest BCUT2D eigenvalue weighted by Gasteiger charge is -2.03. The Morgan fingerprint density at radius 2 is 2.31 bits per heavy atom. The van der Waals surface area contributed by atoms with Gasteiger partial charge in [0.15, 0.2) is 0 Å². The molecule has 0 saturated heterocycles. The normalized spacial score (nSPS) is 9.69. The molecule has 0 atom stereocenters. The fourth-order valence-corrected chi connectivity index (χ4v) is 1.34. The van der Waals surface area contributed by atoms with Gasteiger partial charge in [-0.15, -0.1) is 0 Å². The zero-order valence-electron chi connectivity index (χ0n) is 8.64. The summed E-state index contributed by atoms with van der Waals surface area (Å²) in [5.41, 5.74) is 0.607. The molecule has 2 N–H and O–H groups in total. The molecule has 2 heterocycles. The Hall–Kier alpha value is -2.35. The van der Waals surface area contributed by atoms with Crippen molar-refractivity contribution in [1.82, 2.24) is 15.0 Å². The van der Waals surface area contributed by atoms with Crippen LogP contribution in [0.4, 0.5) is 5.82 Å². The number of anilines is 1. The SMILES string of the molecule is N#Cc1ccnc(NCCc2ncc[nH]2)c1. The molecule has 0 aliphatic heterocycles. The van der Waals surface area contributed by atoms with Gasteiger partial charge in [0.05, 0.1) is 11.6 Å². The number of aromatic amines is 1. The highest BCUT2D eigenvalue weighted by atomic mass is 15.0. The molecule has 16 heavy (non-hydrogen) atoms. The molecule has 0 spiro atoms. The van der Waals surface area contributed by atoms with Crippen LogP contribution in [0.1, 0.15) is 11.4 Å². The van der Waals surface area contributed by atoms with E-state index in [0.29, 0.717) is 11.4 Å². The Bertz CT molecular complexity index is 483. The lowest BCUT2D eigenvalue weighted by Crippen LogP contribution is -2.07. The summed E-state index contributed by atoms with van der Waals surface area (Å²) in [5, 5.41) is 11.9. The van der Waals surface area contributed by atoms with Gasteiger partial charge >= 0.3 is 0 Å². The summed E-state index contributed by atoms with van der Waals surface area (Å²) in [6.07, 6.45) is 5.94. The van der Waals surface area contributed by atoms with Crippen LogP contribution in [-0.2, 0) is 6.42 Å². The van der Waals surface area contributed by atoms with Gasteiger partial charge in [-0.2, -0.15) is 5.26 Å². The third kappa shape index (κ3) is 2.58. The molecule has 0 aliphatic rings. The Morgan fingerprint density at radius 1 is 1.38 bits per heavy atom. The molecular weight excluding hydrogens is 202 g/mol. The number of hydrogen-bond acceptors (Lipinski definition) is 4. The summed E-state index contributed by atoms with van der Waals surface area (Å²) in [5.74, 6) is 1.65. The van der Waals surface area contributed by atoms with Crippen molar-refractivity contribution in [1.29, 1.82) is 5.26 Å². The minimum Gasteiger partial charge on any atom is -0.370 e. The summed E-state index contributed by atoms with van der Waals surface area (Å²) >= 11 is 0. The molecule has 0 bridgehead atoms. The maximum absolute atomic E-state index is 8.72. The van der Waals surface area contributed by atoms with Crippen molar-refractivity contribution in [2.75, 3.05) is 11.9 Å². The van der Waals surface area contributed by atoms with Crippen LogP contribution in [-0.4, -0.2) is 21.5 Å². The quantitative estimate of drug-likeness (QED) is 0.803. The van der Waals surface area contributed by atoms with Crippen molar-refractivity contribution in [2.24, 2.45) is 0 Å². The van der Waals surface area contributed by atoms with Gasteiger partial charge in [0, 0.05) is 31.6 Å². The van der Waals surface area contributed by atoms with Gasteiger partial charge in [0.25, 0.3) is 0 Å².